The number of nitrogens with zero attached hydrogens (tertiary/aromatic N) is 1. The van der Waals surface area contributed by atoms with Crippen molar-refractivity contribution in [2.75, 3.05) is 6.54 Å². The third-order valence-corrected chi connectivity index (χ3v) is 3.83. The molecule has 1 aromatic carbocycles. The molecule has 1 fully saturated rings. The van der Waals surface area contributed by atoms with Crippen LogP contribution >= 0.6 is 0 Å². The van der Waals surface area contributed by atoms with E-state index in [4.69, 9.17) is 0 Å². The first kappa shape index (κ1) is 14.8. The molecule has 1 saturated heterocycles. The van der Waals surface area contributed by atoms with Crippen LogP contribution in [0.15, 0.2) is 24.3 Å². The van der Waals surface area contributed by atoms with E-state index in [-0.39, 0.29) is 17.2 Å². The Hall–Kier alpha value is -1.64. The van der Waals surface area contributed by atoms with Crippen LogP contribution in [-0.4, -0.2) is 23.3 Å². The molecule has 2 rings (SSSR count). The predicted molar refractivity (Wildman–Crippen MR) is 79.4 cm³/mol. The van der Waals surface area contributed by atoms with Gasteiger partial charge < -0.3 is 0 Å². The van der Waals surface area contributed by atoms with E-state index in [0.29, 0.717) is 25.8 Å². The lowest BCUT2D eigenvalue weighted by Gasteiger charge is -2.25. The summed E-state index contributed by atoms with van der Waals surface area (Å²) in [5.74, 6) is -0.0416. The minimum Gasteiger partial charge on any atom is -0.282 e. The van der Waals surface area contributed by atoms with E-state index in [9.17, 15) is 9.59 Å². The highest BCUT2D eigenvalue weighted by molar-refractivity contribution is 5.97. The molecule has 0 bridgehead atoms. The summed E-state index contributed by atoms with van der Waals surface area (Å²) in [6.45, 7) is 7.07. The van der Waals surface area contributed by atoms with Gasteiger partial charge in [-0.15, -0.1) is 0 Å². The van der Waals surface area contributed by atoms with E-state index in [1.807, 2.05) is 0 Å². The molecule has 0 spiro atoms. The normalized spacial score (nSPS) is 16.6. The zero-order chi connectivity index (χ0) is 14.8. The average molecular weight is 273 g/mol. The lowest BCUT2D eigenvalue weighted by molar-refractivity contribution is -0.147. The number of amides is 2. The second kappa shape index (κ2) is 5.78. The molecule has 2 amide bonds. The van der Waals surface area contributed by atoms with Gasteiger partial charge in [-0.2, -0.15) is 0 Å². The molecule has 1 heterocycles. The smallest absolute Gasteiger partial charge is 0.229 e. The van der Waals surface area contributed by atoms with Gasteiger partial charge in [-0.1, -0.05) is 45.0 Å². The number of piperidine rings is 1. The highest BCUT2D eigenvalue weighted by atomic mass is 16.2. The summed E-state index contributed by atoms with van der Waals surface area (Å²) in [6, 6.07) is 8.46. The average Bonchev–Trinajstić information content (AvgIpc) is 2.37. The molecule has 0 atom stereocenters. The van der Waals surface area contributed by atoms with Gasteiger partial charge in [-0.3, -0.25) is 14.5 Å². The molecular formula is C17H23NO2. The Kier molecular flexibility index (Phi) is 4.26. The van der Waals surface area contributed by atoms with E-state index < -0.39 is 0 Å². The Morgan fingerprint density at radius 1 is 1.00 bits per heavy atom. The molecule has 0 radical (unpaired) electrons. The first-order valence-electron chi connectivity index (χ1n) is 7.30. The van der Waals surface area contributed by atoms with Crippen molar-refractivity contribution < 1.29 is 9.59 Å². The topological polar surface area (TPSA) is 37.4 Å². The molecule has 0 N–H and O–H groups in total. The highest BCUT2D eigenvalue weighted by Gasteiger charge is 2.25. The molecule has 1 aliphatic rings. The summed E-state index contributed by atoms with van der Waals surface area (Å²) >= 11 is 0. The van der Waals surface area contributed by atoms with Crippen molar-refractivity contribution in [3.8, 4) is 0 Å². The molecule has 3 heteroatoms. The SMILES string of the molecule is CC(C)(C)c1ccc(CCN2C(=O)CCCC2=O)cc1. The number of likely N-dealkylation sites (tertiary alicyclic amines) is 1. The van der Waals surface area contributed by atoms with Crippen LogP contribution < -0.4 is 0 Å². The van der Waals surface area contributed by atoms with Crippen LogP contribution in [0.4, 0.5) is 0 Å². The molecule has 1 aliphatic heterocycles. The lowest BCUT2D eigenvalue weighted by atomic mass is 9.86. The van der Waals surface area contributed by atoms with Crippen LogP contribution in [0.2, 0.25) is 0 Å². The summed E-state index contributed by atoms with van der Waals surface area (Å²) < 4.78 is 0. The van der Waals surface area contributed by atoms with Gasteiger partial charge >= 0.3 is 0 Å². The van der Waals surface area contributed by atoms with Gasteiger partial charge in [0.1, 0.15) is 0 Å². The minimum absolute atomic E-state index is 0.0208. The number of imide groups is 1. The van der Waals surface area contributed by atoms with Crippen molar-refractivity contribution >= 4 is 11.8 Å². The molecule has 20 heavy (non-hydrogen) atoms. The Bertz CT molecular complexity index is 481. The molecule has 108 valence electrons. The van der Waals surface area contributed by atoms with Crippen LogP contribution in [0.5, 0.6) is 0 Å². The highest BCUT2D eigenvalue weighted by Crippen LogP contribution is 2.22. The Labute approximate surface area is 121 Å². The lowest BCUT2D eigenvalue weighted by Crippen LogP contribution is -2.41. The fourth-order valence-electron chi connectivity index (χ4n) is 2.46. The number of rotatable bonds is 3. The molecule has 1 aromatic rings. The van der Waals surface area contributed by atoms with Gasteiger partial charge in [-0.25, -0.2) is 0 Å². The van der Waals surface area contributed by atoms with Gasteiger partial charge in [0.15, 0.2) is 0 Å². The standard InChI is InChI=1S/C17H23NO2/c1-17(2,3)14-9-7-13(8-10-14)11-12-18-15(19)5-4-6-16(18)20/h7-10H,4-6,11-12H2,1-3H3. The summed E-state index contributed by atoms with van der Waals surface area (Å²) in [7, 11) is 0. The number of carbonyl (C=O) groups excluding carboxylic acids is 2. The Morgan fingerprint density at radius 3 is 2.05 bits per heavy atom. The van der Waals surface area contributed by atoms with Gasteiger partial charge in [0.25, 0.3) is 0 Å². The van der Waals surface area contributed by atoms with Crippen molar-refractivity contribution in [1.82, 2.24) is 4.90 Å². The Morgan fingerprint density at radius 2 is 1.55 bits per heavy atom. The zero-order valence-electron chi connectivity index (χ0n) is 12.6. The van der Waals surface area contributed by atoms with Crippen molar-refractivity contribution in [1.29, 1.82) is 0 Å². The maximum absolute atomic E-state index is 11.7. The third kappa shape index (κ3) is 3.47. The van der Waals surface area contributed by atoms with Crippen LogP contribution in [0.25, 0.3) is 0 Å². The Balaban J connectivity index is 1.97. The maximum Gasteiger partial charge on any atom is 0.229 e. The molecular weight excluding hydrogens is 250 g/mol. The fourth-order valence-corrected chi connectivity index (χ4v) is 2.46. The van der Waals surface area contributed by atoms with E-state index in [0.717, 1.165) is 6.42 Å². The molecule has 0 aromatic heterocycles. The number of hydrogen-bond acceptors (Lipinski definition) is 2. The molecule has 3 nitrogen and oxygen atoms in total. The quantitative estimate of drug-likeness (QED) is 0.794. The molecule has 0 saturated carbocycles. The summed E-state index contributed by atoms with van der Waals surface area (Å²) in [4.78, 5) is 24.9. The zero-order valence-corrected chi connectivity index (χ0v) is 12.6. The first-order valence-corrected chi connectivity index (χ1v) is 7.30. The third-order valence-electron chi connectivity index (χ3n) is 3.83. The molecule has 0 aliphatic carbocycles. The monoisotopic (exact) mass is 273 g/mol. The van der Waals surface area contributed by atoms with E-state index in [1.54, 1.807) is 0 Å². The molecule has 0 unspecified atom stereocenters. The van der Waals surface area contributed by atoms with Crippen LogP contribution in [0.3, 0.4) is 0 Å². The number of benzene rings is 1. The second-order valence-corrected chi connectivity index (χ2v) is 6.49. The minimum atomic E-state index is -0.0208. The first-order chi connectivity index (χ1) is 9.38. The number of carbonyl (C=O) groups is 2. The second-order valence-electron chi connectivity index (χ2n) is 6.49. The van der Waals surface area contributed by atoms with Gasteiger partial charge in [0.2, 0.25) is 11.8 Å². The summed E-state index contributed by atoms with van der Waals surface area (Å²) in [6.07, 6.45) is 2.46. The van der Waals surface area contributed by atoms with E-state index in [1.165, 1.54) is 16.0 Å². The van der Waals surface area contributed by atoms with Gasteiger partial charge in [0, 0.05) is 19.4 Å². The van der Waals surface area contributed by atoms with Crippen molar-refractivity contribution in [2.24, 2.45) is 0 Å². The van der Waals surface area contributed by atoms with Gasteiger partial charge in [-0.05, 0) is 29.4 Å². The van der Waals surface area contributed by atoms with E-state index >= 15 is 0 Å². The summed E-state index contributed by atoms with van der Waals surface area (Å²) in [5, 5.41) is 0. The number of hydrogen-bond donors (Lipinski definition) is 0. The van der Waals surface area contributed by atoms with Crippen molar-refractivity contribution in [2.45, 2.75) is 51.9 Å². The van der Waals surface area contributed by atoms with E-state index in [2.05, 4.69) is 45.0 Å². The predicted octanol–water partition coefficient (Wildman–Crippen LogP) is 3.07. The fraction of sp³-hybridized carbons (Fsp3) is 0.529. The van der Waals surface area contributed by atoms with Crippen molar-refractivity contribution in [3.05, 3.63) is 35.4 Å². The van der Waals surface area contributed by atoms with Crippen LogP contribution in [-0.2, 0) is 21.4 Å². The largest absolute Gasteiger partial charge is 0.282 e. The van der Waals surface area contributed by atoms with Gasteiger partial charge in [0.05, 0.1) is 0 Å². The van der Waals surface area contributed by atoms with Crippen LogP contribution in [0.1, 0.15) is 51.2 Å². The maximum atomic E-state index is 11.7. The van der Waals surface area contributed by atoms with Crippen LogP contribution in [0, 0.1) is 0 Å². The van der Waals surface area contributed by atoms with Crippen molar-refractivity contribution in [3.63, 3.8) is 0 Å². The summed E-state index contributed by atoms with van der Waals surface area (Å²) in [5.41, 5.74) is 2.62.